The molecule has 0 aromatic heterocycles. The van der Waals surface area contributed by atoms with Crippen LogP contribution in [0.1, 0.15) is 0 Å². The molecule has 0 aliphatic heterocycles. The molecule has 0 atom stereocenters. The van der Waals surface area contributed by atoms with Crippen molar-refractivity contribution in [1.82, 2.24) is 0 Å². The van der Waals surface area contributed by atoms with E-state index in [1.807, 2.05) is 0 Å². The van der Waals surface area contributed by atoms with Crippen molar-refractivity contribution in [3.05, 3.63) is 30.1 Å². The average molecular weight is 161 g/mol. The van der Waals surface area contributed by atoms with E-state index in [0.29, 0.717) is 5.69 Å². The molecule has 1 rings (SSSR count). The van der Waals surface area contributed by atoms with Gasteiger partial charge in [0.2, 0.25) is 0 Å². The lowest BCUT2D eigenvalue weighted by molar-refractivity contribution is 0.628. The van der Waals surface area contributed by atoms with E-state index >= 15 is 0 Å². The third kappa shape index (κ3) is 1.50. The van der Waals surface area contributed by atoms with Crippen LogP contribution in [0.15, 0.2) is 24.3 Å². The van der Waals surface area contributed by atoms with Gasteiger partial charge < -0.3 is 0 Å². The Kier molecular flexibility index (Phi) is 2.25. The van der Waals surface area contributed by atoms with Crippen LogP contribution in [-0.2, 0) is 0 Å². The van der Waals surface area contributed by atoms with Gasteiger partial charge >= 0.3 is 0 Å². The number of anilines is 1. The first-order valence-corrected chi connectivity index (χ1v) is 3.13. The van der Waals surface area contributed by atoms with Gasteiger partial charge in [-0.25, -0.2) is 4.39 Å². The summed E-state index contributed by atoms with van der Waals surface area (Å²) in [5, 5.41) is 16.8. The maximum atomic E-state index is 12.4. The van der Waals surface area contributed by atoms with Gasteiger partial charge in [0.25, 0.3) is 0 Å². The molecule has 58 valence electrons. The second-order valence-corrected chi connectivity index (χ2v) is 2.01. The maximum absolute atomic E-state index is 12.4. The molecule has 3 nitrogen and oxygen atoms in total. The van der Waals surface area contributed by atoms with Gasteiger partial charge in [0.05, 0.1) is 5.69 Å². The molecule has 0 amide bonds. The van der Waals surface area contributed by atoms with Crippen molar-refractivity contribution in [1.29, 1.82) is 10.5 Å². The lowest BCUT2D eigenvalue weighted by Gasteiger charge is -2.02. The van der Waals surface area contributed by atoms with Crippen LogP contribution in [0.4, 0.5) is 10.1 Å². The third-order valence-electron chi connectivity index (χ3n) is 1.28. The molecule has 0 saturated carbocycles. The van der Waals surface area contributed by atoms with Gasteiger partial charge in [0, 0.05) is 0 Å². The molecule has 1 aromatic rings. The van der Waals surface area contributed by atoms with E-state index in [1.165, 1.54) is 24.3 Å². The Morgan fingerprint density at radius 2 is 1.58 bits per heavy atom. The summed E-state index contributed by atoms with van der Waals surface area (Å²) in [6.45, 7) is 0. The summed E-state index contributed by atoms with van der Waals surface area (Å²) in [5.74, 6) is -0.394. The van der Waals surface area contributed by atoms with E-state index in [2.05, 4.69) is 0 Å². The van der Waals surface area contributed by atoms with E-state index in [1.54, 1.807) is 12.4 Å². The minimum Gasteiger partial charge on any atom is -0.207 e. The standard InChI is InChI=1S/C8H4FN3/c9-7-1-3-8(4-2-7)12(5-10)6-11/h1-4H. The van der Waals surface area contributed by atoms with Gasteiger partial charge in [-0.15, -0.1) is 0 Å². The molecule has 1 aromatic carbocycles. The predicted octanol–water partition coefficient (Wildman–Crippen LogP) is 1.59. The zero-order valence-corrected chi connectivity index (χ0v) is 6.03. The van der Waals surface area contributed by atoms with Crippen molar-refractivity contribution in [2.24, 2.45) is 0 Å². The SMILES string of the molecule is N#CN(C#N)c1ccc(F)cc1. The van der Waals surface area contributed by atoms with Crippen LogP contribution in [0.5, 0.6) is 0 Å². The minimum absolute atomic E-state index is 0.362. The normalized spacial score (nSPS) is 8.25. The number of hydrogen-bond donors (Lipinski definition) is 0. The number of hydrogen-bond acceptors (Lipinski definition) is 3. The zero-order valence-electron chi connectivity index (χ0n) is 6.03. The van der Waals surface area contributed by atoms with Crippen molar-refractivity contribution in [3.8, 4) is 12.4 Å². The van der Waals surface area contributed by atoms with Gasteiger partial charge in [0.15, 0.2) is 12.4 Å². The summed E-state index contributed by atoms with van der Waals surface area (Å²) in [6.07, 6.45) is 3.27. The van der Waals surface area contributed by atoms with E-state index in [4.69, 9.17) is 10.5 Å². The monoisotopic (exact) mass is 161 g/mol. The summed E-state index contributed by atoms with van der Waals surface area (Å²) in [6, 6.07) is 5.11. The van der Waals surface area contributed by atoms with Gasteiger partial charge in [-0.2, -0.15) is 15.4 Å². The quantitative estimate of drug-likeness (QED) is 0.464. The number of halogens is 1. The highest BCUT2D eigenvalue weighted by Gasteiger charge is 2.02. The molecule has 12 heavy (non-hydrogen) atoms. The summed E-state index contributed by atoms with van der Waals surface area (Å²) < 4.78 is 12.4. The second-order valence-electron chi connectivity index (χ2n) is 2.01. The van der Waals surface area contributed by atoms with Crippen molar-refractivity contribution < 1.29 is 4.39 Å². The Morgan fingerprint density at radius 3 is 2.00 bits per heavy atom. The molecule has 0 spiro atoms. The van der Waals surface area contributed by atoms with Crippen molar-refractivity contribution in [2.45, 2.75) is 0 Å². The maximum Gasteiger partial charge on any atom is 0.198 e. The highest BCUT2D eigenvalue weighted by molar-refractivity contribution is 5.54. The van der Waals surface area contributed by atoms with Crippen LogP contribution in [0, 0.1) is 28.7 Å². The Labute approximate surface area is 68.9 Å². The Bertz CT molecular complexity index is 330. The number of benzene rings is 1. The fourth-order valence-corrected chi connectivity index (χ4v) is 0.728. The highest BCUT2D eigenvalue weighted by Crippen LogP contribution is 2.12. The number of nitrogens with zero attached hydrogens (tertiary/aromatic N) is 3. The predicted molar refractivity (Wildman–Crippen MR) is 40.1 cm³/mol. The fraction of sp³-hybridized carbons (Fsp3) is 0. The first-order chi connectivity index (χ1) is 5.77. The molecule has 0 unspecified atom stereocenters. The molecule has 0 heterocycles. The van der Waals surface area contributed by atoms with Gasteiger partial charge in [-0.05, 0) is 24.3 Å². The Morgan fingerprint density at radius 1 is 1.08 bits per heavy atom. The van der Waals surface area contributed by atoms with E-state index < -0.39 is 5.82 Å². The fourth-order valence-electron chi connectivity index (χ4n) is 0.728. The Balaban J connectivity index is 2.99. The molecule has 0 fully saturated rings. The first kappa shape index (κ1) is 8.03. The van der Waals surface area contributed by atoms with Crippen molar-refractivity contribution >= 4 is 5.69 Å². The lowest BCUT2D eigenvalue weighted by atomic mass is 10.3. The molecular formula is C8H4FN3. The number of nitriles is 2. The van der Waals surface area contributed by atoms with Crippen molar-refractivity contribution in [2.75, 3.05) is 4.90 Å². The highest BCUT2D eigenvalue weighted by atomic mass is 19.1. The molecule has 0 saturated heterocycles. The van der Waals surface area contributed by atoms with Gasteiger partial charge in [-0.3, -0.25) is 0 Å². The largest absolute Gasteiger partial charge is 0.207 e. The van der Waals surface area contributed by atoms with Gasteiger partial charge in [0.1, 0.15) is 5.82 Å². The van der Waals surface area contributed by atoms with Crippen LogP contribution in [0.2, 0.25) is 0 Å². The second kappa shape index (κ2) is 3.36. The molecule has 0 aliphatic rings. The van der Waals surface area contributed by atoms with Crippen LogP contribution in [0.3, 0.4) is 0 Å². The third-order valence-corrected chi connectivity index (χ3v) is 1.28. The summed E-state index contributed by atoms with van der Waals surface area (Å²) in [5.41, 5.74) is 0.362. The summed E-state index contributed by atoms with van der Waals surface area (Å²) in [4.78, 5) is 0.791. The lowest BCUT2D eigenvalue weighted by Crippen LogP contribution is -2.06. The Hall–Kier alpha value is -2.07. The van der Waals surface area contributed by atoms with Crippen LogP contribution < -0.4 is 4.90 Å². The van der Waals surface area contributed by atoms with E-state index in [-0.39, 0.29) is 0 Å². The first-order valence-electron chi connectivity index (χ1n) is 3.13. The van der Waals surface area contributed by atoms with Crippen LogP contribution in [-0.4, -0.2) is 0 Å². The molecule has 0 radical (unpaired) electrons. The van der Waals surface area contributed by atoms with Crippen LogP contribution >= 0.6 is 0 Å². The average Bonchev–Trinajstić information content (AvgIpc) is 2.10. The van der Waals surface area contributed by atoms with E-state index in [0.717, 1.165) is 4.90 Å². The molecule has 4 heteroatoms. The van der Waals surface area contributed by atoms with Gasteiger partial charge in [-0.1, -0.05) is 0 Å². The van der Waals surface area contributed by atoms with Crippen LogP contribution in [0.25, 0.3) is 0 Å². The topological polar surface area (TPSA) is 50.8 Å². The smallest absolute Gasteiger partial charge is 0.198 e. The molecule has 0 bridgehead atoms. The minimum atomic E-state index is -0.394. The van der Waals surface area contributed by atoms with E-state index in [9.17, 15) is 4.39 Å². The summed E-state index contributed by atoms with van der Waals surface area (Å²) >= 11 is 0. The molecule has 0 aliphatic carbocycles. The summed E-state index contributed by atoms with van der Waals surface area (Å²) in [7, 11) is 0. The van der Waals surface area contributed by atoms with Crippen molar-refractivity contribution in [3.63, 3.8) is 0 Å². The number of rotatable bonds is 1. The molecule has 0 N–H and O–H groups in total. The zero-order chi connectivity index (χ0) is 8.97. The molecular weight excluding hydrogens is 157 g/mol.